The highest BCUT2D eigenvalue weighted by atomic mass is 16.6. The molecule has 3 aliphatic rings. The lowest BCUT2D eigenvalue weighted by Crippen LogP contribution is -2.50. The number of hydrogen-bond donors (Lipinski definition) is 0. The fourth-order valence-electron chi connectivity index (χ4n) is 3.85. The molecule has 25 heavy (non-hydrogen) atoms. The Bertz CT molecular complexity index is 650. The Hall–Kier alpha value is -2.01. The molecule has 1 aromatic carbocycles. The topological polar surface area (TPSA) is 42.0 Å². The third-order valence-electron chi connectivity index (χ3n) is 5.32. The van der Waals surface area contributed by atoms with Crippen molar-refractivity contribution in [3.8, 4) is 11.5 Å². The molecule has 1 amide bonds. The number of rotatable bonds is 3. The molecule has 1 fully saturated rings. The minimum atomic E-state index is 0.203. The molecule has 2 heterocycles. The number of carbonyl (C=O) groups is 1. The summed E-state index contributed by atoms with van der Waals surface area (Å²) in [6.07, 6.45) is 7.31. The van der Waals surface area contributed by atoms with Crippen molar-refractivity contribution < 1.29 is 14.3 Å². The number of benzene rings is 1. The summed E-state index contributed by atoms with van der Waals surface area (Å²) in [5.74, 6) is 2.24. The smallest absolute Gasteiger partial charge is 0.226 e. The maximum Gasteiger partial charge on any atom is 0.226 e. The van der Waals surface area contributed by atoms with Gasteiger partial charge in [-0.05, 0) is 37.0 Å². The summed E-state index contributed by atoms with van der Waals surface area (Å²) >= 11 is 0. The van der Waals surface area contributed by atoms with Crippen LogP contribution in [0.4, 0.5) is 0 Å². The van der Waals surface area contributed by atoms with E-state index in [1.807, 2.05) is 6.07 Å². The van der Waals surface area contributed by atoms with Crippen LogP contribution in [-0.2, 0) is 11.3 Å². The highest BCUT2D eigenvalue weighted by Gasteiger charge is 2.27. The molecule has 0 spiro atoms. The van der Waals surface area contributed by atoms with Crippen LogP contribution in [0.1, 0.15) is 24.8 Å². The first-order valence-corrected chi connectivity index (χ1v) is 9.34. The van der Waals surface area contributed by atoms with Crippen LogP contribution < -0.4 is 9.47 Å². The van der Waals surface area contributed by atoms with Crippen LogP contribution in [0.3, 0.4) is 0 Å². The summed E-state index contributed by atoms with van der Waals surface area (Å²) in [6, 6.07) is 6.19. The summed E-state index contributed by atoms with van der Waals surface area (Å²) in [4.78, 5) is 17.1. The van der Waals surface area contributed by atoms with Gasteiger partial charge in [0, 0.05) is 38.6 Å². The fraction of sp³-hybridized carbons (Fsp3) is 0.550. The van der Waals surface area contributed by atoms with Crippen molar-refractivity contribution in [3.63, 3.8) is 0 Å². The van der Waals surface area contributed by atoms with E-state index in [4.69, 9.17) is 9.47 Å². The molecule has 0 aromatic heterocycles. The first-order valence-electron chi connectivity index (χ1n) is 9.34. The van der Waals surface area contributed by atoms with Crippen molar-refractivity contribution in [2.75, 3.05) is 39.4 Å². The van der Waals surface area contributed by atoms with Crippen molar-refractivity contribution >= 4 is 5.91 Å². The van der Waals surface area contributed by atoms with Crippen LogP contribution in [0.5, 0.6) is 11.5 Å². The summed E-state index contributed by atoms with van der Waals surface area (Å²) in [5.41, 5.74) is 1.24. The van der Waals surface area contributed by atoms with Gasteiger partial charge in [-0.3, -0.25) is 9.69 Å². The molecule has 1 aromatic rings. The van der Waals surface area contributed by atoms with E-state index in [0.717, 1.165) is 63.5 Å². The molecule has 1 unspecified atom stereocenters. The summed E-state index contributed by atoms with van der Waals surface area (Å²) in [5, 5.41) is 0. The van der Waals surface area contributed by atoms with E-state index in [-0.39, 0.29) is 5.92 Å². The van der Waals surface area contributed by atoms with Crippen molar-refractivity contribution in [1.29, 1.82) is 0 Å². The molecule has 1 saturated heterocycles. The number of nitrogens with zero attached hydrogens (tertiary/aromatic N) is 2. The number of ether oxygens (including phenoxy) is 2. The standard InChI is InChI=1S/C20H26N2O3/c23-20(17-4-2-1-3-5-17)22-10-8-21(9-11-22)15-16-6-7-18-19(14-16)25-13-12-24-18/h1-2,6-7,14,17H,3-5,8-13,15H2. The number of carbonyl (C=O) groups excluding carboxylic acids is 1. The van der Waals surface area contributed by atoms with Crippen LogP contribution in [-0.4, -0.2) is 55.1 Å². The minimum Gasteiger partial charge on any atom is -0.486 e. The molecule has 0 bridgehead atoms. The normalized spacial score (nSPS) is 23.5. The number of amides is 1. The molecule has 4 rings (SSSR count). The molecule has 5 nitrogen and oxygen atoms in total. The van der Waals surface area contributed by atoms with Crippen LogP contribution >= 0.6 is 0 Å². The van der Waals surface area contributed by atoms with Crippen LogP contribution in [0.25, 0.3) is 0 Å². The Morgan fingerprint density at radius 2 is 1.84 bits per heavy atom. The molecule has 0 radical (unpaired) electrons. The Balaban J connectivity index is 1.30. The van der Waals surface area contributed by atoms with Gasteiger partial charge in [0.2, 0.25) is 5.91 Å². The Labute approximate surface area is 149 Å². The van der Waals surface area contributed by atoms with E-state index < -0.39 is 0 Å². The summed E-state index contributed by atoms with van der Waals surface area (Å²) in [6.45, 7) is 5.68. The van der Waals surface area contributed by atoms with Crippen molar-refractivity contribution in [2.45, 2.75) is 25.8 Å². The lowest BCUT2D eigenvalue weighted by Gasteiger charge is -2.36. The van der Waals surface area contributed by atoms with Gasteiger partial charge >= 0.3 is 0 Å². The zero-order valence-corrected chi connectivity index (χ0v) is 14.7. The van der Waals surface area contributed by atoms with E-state index in [1.165, 1.54) is 5.56 Å². The minimum absolute atomic E-state index is 0.203. The molecular formula is C20H26N2O3. The van der Waals surface area contributed by atoms with Crippen LogP contribution in [0, 0.1) is 5.92 Å². The number of piperazine rings is 1. The van der Waals surface area contributed by atoms with Gasteiger partial charge in [0.15, 0.2) is 11.5 Å². The van der Waals surface area contributed by atoms with Gasteiger partial charge in [-0.25, -0.2) is 0 Å². The maximum atomic E-state index is 12.6. The van der Waals surface area contributed by atoms with Crippen molar-refractivity contribution in [3.05, 3.63) is 35.9 Å². The van der Waals surface area contributed by atoms with Crippen molar-refractivity contribution in [1.82, 2.24) is 9.80 Å². The second-order valence-electron chi connectivity index (χ2n) is 7.06. The van der Waals surface area contributed by atoms with E-state index in [1.54, 1.807) is 0 Å². The Morgan fingerprint density at radius 1 is 1.04 bits per heavy atom. The second-order valence-corrected chi connectivity index (χ2v) is 7.06. The first-order chi connectivity index (χ1) is 12.3. The van der Waals surface area contributed by atoms with Crippen LogP contribution in [0.2, 0.25) is 0 Å². The van der Waals surface area contributed by atoms with Gasteiger partial charge in [0.25, 0.3) is 0 Å². The molecule has 0 saturated carbocycles. The summed E-state index contributed by atoms with van der Waals surface area (Å²) in [7, 11) is 0. The predicted molar refractivity (Wildman–Crippen MR) is 95.8 cm³/mol. The third kappa shape index (κ3) is 3.82. The average Bonchev–Trinajstić information content (AvgIpc) is 2.69. The average molecular weight is 342 g/mol. The fourth-order valence-corrected chi connectivity index (χ4v) is 3.85. The van der Waals surface area contributed by atoms with Gasteiger partial charge < -0.3 is 14.4 Å². The Kier molecular flexibility index (Phi) is 4.92. The molecule has 1 atom stereocenters. The predicted octanol–water partition coefficient (Wildman–Crippen LogP) is 2.46. The molecular weight excluding hydrogens is 316 g/mol. The zero-order chi connectivity index (χ0) is 17.1. The van der Waals surface area contributed by atoms with Gasteiger partial charge in [-0.15, -0.1) is 0 Å². The van der Waals surface area contributed by atoms with E-state index in [9.17, 15) is 4.79 Å². The van der Waals surface area contributed by atoms with Gasteiger partial charge in [0.05, 0.1) is 0 Å². The first kappa shape index (κ1) is 16.5. The SMILES string of the molecule is O=C(C1CC=CCC1)N1CCN(Cc2ccc3c(c2)OCCO3)CC1. The van der Waals surface area contributed by atoms with Gasteiger partial charge in [0.1, 0.15) is 13.2 Å². The number of allylic oxidation sites excluding steroid dienone is 2. The molecule has 2 aliphatic heterocycles. The summed E-state index contributed by atoms with van der Waals surface area (Å²) < 4.78 is 11.2. The largest absolute Gasteiger partial charge is 0.486 e. The van der Waals surface area contributed by atoms with E-state index in [2.05, 4.69) is 34.1 Å². The number of hydrogen-bond acceptors (Lipinski definition) is 4. The van der Waals surface area contributed by atoms with Crippen molar-refractivity contribution in [2.24, 2.45) is 5.92 Å². The number of fused-ring (bicyclic) bond motifs is 1. The monoisotopic (exact) mass is 342 g/mol. The quantitative estimate of drug-likeness (QED) is 0.792. The molecule has 1 aliphatic carbocycles. The van der Waals surface area contributed by atoms with Gasteiger partial charge in [-0.1, -0.05) is 18.2 Å². The second kappa shape index (κ2) is 7.48. The lowest BCUT2D eigenvalue weighted by molar-refractivity contribution is -0.137. The van der Waals surface area contributed by atoms with E-state index >= 15 is 0 Å². The maximum absolute atomic E-state index is 12.6. The zero-order valence-electron chi connectivity index (χ0n) is 14.7. The van der Waals surface area contributed by atoms with Gasteiger partial charge in [-0.2, -0.15) is 0 Å². The molecule has 0 N–H and O–H groups in total. The molecule has 134 valence electrons. The highest BCUT2D eigenvalue weighted by molar-refractivity contribution is 5.79. The third-order valence-corrected chi connectivity index (χ3v) is 5.32. The Morgan fingerprint density at radius 3 is 2.60 bits per heavy atom. The molecule has 5 heteroatoms. The van der Waals surface area contributed by atoms with Crippen LogP contribution in [0.15, 0.2) is 30.4 Å². The highest BCUT2D eigenvalue weighted by Crippen LogP contribution is 2.31. The lowest BCUT2D eigenvalue weighted by atomic mass is 9.93. The van der Waals surface area contributed by atoms with E-state index in [0.29, 0.717) is 19.1 Å².